The lowest BCUT2D eigenvalue weighted by Gasteiger charge is -2.13. The number of alkyl halides is 5. The zero-order valence-corrected chi connectivity index (χ0v) is 15.8. The minimum atomic E-state index is -4.71. The van der Waals surface area contributed by atoms with Crippen LogP contribution in [0.25, 0.3) is 5.78 Å². The maximum Gasteiger partial charge on any atom is 0.453 e. The second-order valence-corrected chi connectivity index (χ2v) is 6.33. The van der Waals surface area contributed by atoms with Gasteiger partial charge in [-0.25, -0.2) is 9.50 Å². The number of rotatable bonds is 6. The van der Waals surface area contributed by atoms with Crippen molar-refractivity contribution >= 4 is 17.4 Å². The molecule has 0 aliphatic carbocycles. The monoisotopic (exact) mass is 429 g/mol. The molecule has 1 amide bonds. The number of carbonyl (C=O) groups excluding carboxylic acids is 1. The number of para-hydroxylation sites is 2. The summed E-state index contributed by atoms with van der Waals surface area (Å²) in [4.78, 5) is 19.7. The fourth-order valence-corrected chi connectivity index (χ4v) is 2.91. The number of hydrogen-bond donors (Lipinski definition) is 1. The van der Waals surface area contributed by atoms with E-state index in [1.54, 1.807) is 19.9 Å². The first-order valence-electron chi connectivity index (χ1n) is 8.70. The number of anilines is 1. The van der Waals surface area contributed by atoms with Crippen LogP contribution in [0.3, 0.4) is 0 Å². The van der Waals surface area contributed by atoms with Crippen LogP contribution in [-0.4, -0.2) is 32.1 Å². The van der Waals surface area contributed by atoms with Gasteiger partial charge in [0.2, 0.25) is 5.91 Å². The normalized spacial score (nSPS) is 11.9. The molecule has 0 aliphatic heterocycles. The van der Waals surface area contributed by atoms with E-state index in [-0.39, 0.29) is 30.1 Å². The zero-order valence-electron chi connectivity index (χ0n) is 15.8. The molecule has 0 fully saturated rings. The Morgan fingerprint density at radius 1 is 1.20 bits per heavy atom. The van der Waals surface area contributed by atoms with Crippen LogP contribution in [-0.2, 0) is 17.4 Å². The molecular weight excluding hydrogens is 413 g/mol. The molecule has 0 unspecified atom stereocenters. The molecule has 7 nitrogen and oxygen atoms in total. The third-order valence-corrected chi connectivity index (χ3v) is 4.28. The Morgan fingerprint density at radius 2 is 1.90 bits per heavy atom. The Labute approximate surface area is 166 Å². The van der Waals surface area contributed by atoms with E-state index in [0.717, 1.165) is 4.52 Å². The molecule has 0 bridgehead atoms. The number of halogens is 5. The van der Waals surface area contributed by atoms with Crippen molar-refractivity contribution in [1.29, 1.82) is 0 Å². The van der Waals surface area contributed by atoms with Crippen LogP contribution >= 0.6 is 0 Å². The molecule has 0 spiro atoms. The molecule has 30 heavy (non-hydrogen) atoms. The topological polar surface area (TPSA) is 81.4 Å². The fourth-order valence-electron chi connectivity index (χ4n) is 2.91. The van der Waals surface area contributed by atoms with Crippen LogP contribution in [0.1, 0.15) is 29.2 Å². The highest BCUT2D eigenvalue weighted by atomic mass is 19.4. The highest BCUT2D eigenvalue weighted by molar-refractivity contribution is 5.92. The molecule has 2 aromatic heterocycles. The largest absolute Gasteiger partial charge is 0.453 e. The number of carbonyl (C=O) groups is 1. The number of fused-ring (bicyclic) bond motifs is 1. The SMILES string of the molecule is Cc1nc2nc(C(F)(F)F)nn2c(C)c1CCC(=O)Nc1ccccc1OC(F)F. The van der Waals surface area contributed by atoms with Crippen molar-refractivity contribution in [3.05, 3.63) is 47.0 Å². The third-order valence-electron chi connectivity index (χ3n) is 4.28. The van der Waals surface area contributed by atoms with Crippen molar-refractivity contribution in [1.82, 2.24) is 19.6 Å². The van der Waals surface area contributed by atoms with Crippen molar-refractivity contribution in [2.24, 2.45) is 0 Å². The van der Waals surface area contributed by atoms with E-state index < -0.39 is 24.5 Å². The highest BCUT2D eigenvalue weighted by Crippen LogP contribution is 2.28. The summed E-state index contributed by atoms with van der Waals surface area (Å²) < 4.78 is 68.9. The average molecular weight is 429 g/mol. The van der Waals surface area contributed by atoms with Gasteiger partial charge in [-0.05, 0) is 38.0 Å². The quantitative estimate of drug-likeness (QED) is 0.601. The zero-order chi connectivity index (χ0) is 22.1. The van der Waals surface area contributed by atoms with Crippen LogP contribution in [0, 0.1) is 13.8 Å². The van der Waals surface area contributed by atoms with Gasteiger partial charge in [-0.1, -0.05) is 12.1 Å². The van der Waals surface area contributed by atoms with E-state index in [9.17, 15) is 26.7 Å². The first-order chi connectivity index (χ1) is 14.1. The molecule has 3 rings (SSSR count). The van der Waals surface area contributed by atoms with Gasteiger partial charge < -0.3 is 10.1 Å². The number of nitrogens with zero attached hydrogens (tertiary/aromatic N) is 4. The molecule has 2 heterocycles. The molecular formula is C18H16F5N5O2. The Morgan fingerprint density at radius 3 is 2.57 bits per heavy atom. The molecule has 0 atom stereocenters. The van der Waals surface area contributed by atoms with Gasteiger partial charge >= 0.3 is 12.8 Å². The summed E-state index contributed by atoms with van der Waals surface area (Å²) in [6, 6.07) is 5.72. The van der Waals surface area contributed by atoms with Crippen molar-refractivity contribution in [2.75, 3.05) is 5.32 Å². The van der Waals surface area contributed by atoms with Gasteiger partial charge in [0, 0.05) is 17.8 Å². The maximum atomic E-state index is 12.9. The van der Waals surface area contributed by atoms with Gasteiger partial charge in [-0.3, -0.25) is 4.79 Å². The van der Waals surface area contributed by atoms with E-state index in [0.29, 0.717) is 17.0 Å². The second-order valence-electron chi connectivity index (χ2n) is 6.33. The molecule has 0 saturated carbocycles. The van der Waals surface area contributed by atoms with E-state index >= 15 is 0 Å². The Balaban J connectivity index is 1.77. The Hall–Kier alpha value is -3.31. The molecule has 3 aromatic rings. The molecule has 1 N–H and O–H groups in total. The lowest BCUT2D eigenvalue weighted by Crippen LogP contribution is -2.15. The van der Waals surface area contributed by atoms with Crippen molar-refractivity contribution < 1.29 is 31.5 Å². The second kappa shape index (κ2) is 8.20. The van der Waals surface area contributed by atoms with Gasteiger partial charge in [-0.2, -0.15) is 26.9 Å². The highest BCUT2D eigenvalue weighted by Gasteiger charge is 2.37. The van der Waals surface area contributed by atoms with Gasteiger partial charge in [0.05, 0.1) is 5.69 Å². The summed E-state index contributed by atoms with van der Waals surface area (Å²) in [6.07, 6.45) is -4.63. The minimum Gasteiger partial charge on any atom is -0.433 e. The summed E-state index contributed by atoms with van der Waals surface area (Å²) in [5.41, 5.74) is 1.40. The standard InChI is InChI=1S/C18H16F5N5O2/c1-9-11(10(2)28-17(24-9)26-15(27-28)18(21,22)23)7-8-14(29)25-12-5-3-4-6-13(12)30-16(19)20/h3-6,16H,7-8H2,1-2H3,(H,25,29). The summed E-state index contributed by atoms with van der Waals surface area (Å²) in [6.45, 7) is 0.0964. The summed E-state index contributed by atoms with van der Waals surface area (Å²) in [7, 11) is 0. The predicted octanol–water partition coefficient (Wildman–Crippen LogP) is 3.93. The fraction of sp³-hybridized carbons (Fsp3) is 0.333. The molecule has 0 saturated heterocycles. The van der Waals surface area contributed by atoms with Crippen molar-refractivity contribution in [3.8, 4) is 5.75 Å². The van der Waals surface area contributed by atoms with E-state index in [1.165, 1.54) is 18.2 Å². The smallest absolute Gasteiger partial charge is 0.433 e. The summed E-state index contributed by atoms with van der Waals surface area (Å²) >= 11 is 0. The first kappa shape index (κ1) is 21.4. The number of hydrogen-bond acceptors (Lipinski definition) is 5. The first-order valence-corrected chi connectivity index (χ1v) is 8.70. The number of aryl methyl sites for hydroxylation is 2. The van der Waals surface area contributed by atoms with Crippen LogP contribution in [0.2, 0.25) is 0 Å². The van der Waals surface area contributed by atoms with Gasteiger partial charge in [0.1, 0.15) is 5.75 Å². The number of benzene rings is 1. The molecule has 0 radical (unpaired) electrons. The van der Waals surface area contributed by atoms with Gasteiger partial charge in [0.25, 0.3) is 11.6 Å². The van der Waals surface area contributed by atoms with E-state index in [2.05, 4.69) is 25.1 Å². The number of aromatic nitrogens is 4. The van der Waals surface area contributed by atoms with Crippen LogP contribution in [0.15, 0.2) is 24.3 Å². The lowest BCUT2D eigenvalue weighted by atomic mass is 10.1. The summed E-state index contributed by atoms with van der Waals surface area (Å²) in [5.74, 6) is -2.17. The van der Waals surface area contributed by atoms with Gasteiger partial charge in [-0.15, -0.1) is 5.10 Å². The lowest BCUT2D eigenvalue weighted by molar-refractivity contribution is -0.144. The molecule has 160 valence electrons. The maximum absolute atomic E-state index is 12.9. The molecule has 12 heteroatoms. The van der Waals surface area contributed by atoms with Crippen molar-refractivity contribution in [2.45, 2.75) is 39.5 Å². The predicted molar refractivity (Wildman–Crippen MR) is 95.3 cm³/mol. The van der Waals surface area contributed by atoms with E-state index in [1.807, 2.05) is 0 Å². The van der Waals surface area contributed by atoms with Crippen LogP contribution < -0.4 is 10.1 Å². The number of nitrogens with one attached hydrogen (secondary N) is 1. The van der Waals surface area contributed by atoms with Crippen LogP contribution in [0.4, 0.5) is 27.6 Å². The third kappa shape index (κ3) is 4.63. The molecule has 0 aliphatic rings. The average Bonchev–Trinajstić information content (AvgIpc) is 3.07. The van der Waals surface area contributed by atoms with Gasteiger partial charge in [0.15, 0.2) is 0 Å². The van der Waals surface area contributed by atoms with Crippen LogP contribution in [0.5, 0.6) is 5.75 Å². The molecule has 1 aromatic carbocycles. The number of ether oxygens (including phenoxy) is 1. The minimum absolute atomic E-state index is 0.0707. The Bertz CT molecular complexity index is 1080. The van der Waals surface area contributed by atoms with E-state index in [4.69, 9.17) is 0 Å². The summed E-state index contributed by atoms with van der Waals surface area (Å²) in [5, 5.41) is 5.93. The number of amides is 1. The Kier molecular flexibility index (Phi) is 5.85. The van der Waals surface area contributed by atoms with Crippen molar-refractivity contribution in [3.63, 3.8) is 0 Å².